The van der Waals surface area contributed by atoms with Crippen LogP contribution in [0.15, 0.2) is 194 Å². The zero-order valence-corrected chi connectivity index (χ0v) is 29.3. The van der Waals surface area contributed by atoms with Crippen LogP contribution in [0.5, 0.6) is 0 Å². The lowest BCUT2D eigenvalue weighted by molar-refractivity contribution is 1.17. The van der Waals surface area contributed by atoms with Crippen molar-refractivity contribution in [3.8, 4) is 45.1 Å². The first-order valence-corrected chi connectivity index (χ1v) is 18.3. The van der Waals surface area contributed by atoms with Crippen molar-refractivity contribution in [3.63, 3.8) is 0 Å². The van der Waals surface area contributed by atoms with Gasteiger partial charge in [-0.2, -0.15) is 0 Å². The van der Waals surface area contributed by atoms with Gasteiger partial charge >= 0.3 is 0 Å². The maximum Gasteiger partial charge on any atom is 0.160 e. The van der Waals surface area contributed by atoms with Gasteiger partial charge in [-0.1, -0.05) is 127 Å². The standard InChI is InChI=1S/C50H32N4/c1-3-14-33(15-4-1)36-18-13-19-38(32-36)54-44-25-12-9-22-41(44)48-46(54)31-30-45-47(48)40-21-8-11-24-43(40)53(45)37-28-26-35(27-29-37)50-51-42-23-10-7-20-39(42)49(52-50)34-16-5-2-6-17-34/h1-32H. The minimum atomic E-state index is 0.715. The van der Waals surface area contributed by atoms with E-state index in [2.05, 4.69) is 185 Å². The lowest BCUT2D eigenvalue weighted by Gasteiger charge is -2.12. The number of benzene rings is 8. The summed E-state index contributed by atoms with van der Waals surface area (Å²) in [5, 5.41) is 6.04. The Morgan fingerprint density at radius 1 is 0.315 bits per heavy atom. The van der Waals surface area contributed by atoms with E-state index in [1.165, 1.54) is 54.7 Å². The van der Waals surface area contributed by atoms with Crippen LogP contribution in [0.3, 0.4) is 0 Å². The van der Waals surface area contributed by atoms with E-state index in [9.17, 15) is 0 Å². The van der Waals surface area contributed by atoms with Gasteiger partial charge < -0.3 is 9.13 Å². The van der Waals surface area contributed by atoms with Crippen LogP contribution in [0.2, 0.25) is 0 Å². The Morgan fingerprint density at radius 3 is 1.52 bits per heavy atom. The number of nitrogens with zero attached hydrogens (tertiary/aromatic N) is 4. The normalized spacial score (nSPS) is 11.7. The smallest absolute Gasteiger partial charge is 0.160 e. The van der Waals surface area contributed by atoms with E-state index >= 15 is 0 Å². The maximum absolute atomic E-state index is 5.13. The van der Waals surface area contributed by atoms with Crippen molar-refractivity contribution in [2.45, 2.75) is 0 Å². The van der Waals surface area contributed by atoms with Crippen LogP contribution in [0.4, 0.5) is 0 Å². The van der Waals surface area contributed by atoms with E-state index in [1.54, 1.807) is 0 Å². The van der Waals surface area contributed by atoms with Gasteiger partial charge in [0.05, 0.1) is 33.3 Å². The summed E-state index contributed by atoms with van der Waals surface area (Å²) in [5.41, 5.74) is 13.3. The summed E-state index contributed by atoms with van der Waals surface area (Å²) >= 11 is 0. The van der Waals surface area contributed by atoms with Crippen molar-refractivity contribution in [2.24, 2.45) is 0 Å². The Morgan fingerprint density at radius 2 is 0.852 bits per heavy atom. The van der Waals surface area contributed by atoms with Crippen LogP contribution in [0.25, 0.3) is 99.7 Å². The molecule has 0 bridgehead atoms. The first-order valence-electron chi connectivity index (χ1n) is 18.3. The number of para-hydroxylation sites is 3. The fourth-order valence-electron chi connectivity index (χ4n) is 8.31. The lowest BCUT2D eigenvalue weighted by atomic mass is 10.0. The van der Waals surface area contributed by atoms with Gasteiger partial charge in [-0.05, 0) is 77.9 Å². The molecule has 0 atom stereocenters. The summed E-state index contributed by atoms with van der Waals surface area (Å²) in [4.78, 5) is 10.1. The minimum absolute atomic E-state index is 0.715. The highest BCUT2D eigenvalue weighted by Crippen LogP contribution is 2.42. The molecule has 252 valence electrons. The van der Waals surface area contributed by atoms with Crippen LogP contribution in [0, 0.1) is 0 Å². The van der Waals surface area contributed by atoms with Gasteiger partial charge in [0, 0.05) is 49.4 Å². The number of rotatable bonds is 5. The van der Waals surface area contributed by atoms with E-state index in [0.29, 0.717) is 5.82 Å². The van der Waals surface area contributed by atoms with Crippen LogP contribution in [-0.4, -0.2) is 19.1 Å². The van der Waals surface area contributed by atoms with Crippen molar-refractivity contribution in [3.05, 3.63) is 194 Å². The SMILES string of the molecule is c1ccc(-c2cccc(-n3c4ccccc4c4c5c6ccccc6n(-c6ccc(-c7nc(-c8ccccc8)c8ccccc8n7)cc6)c5ccc43)c2)cc1. The van der Waals surface area contributed by atoms with Gasteiger partial charge in [0.25, 0.3) is 0 Å². The second kappa shape index (κ2) is 12.1. The molecule has 0 fully saturated rings. The third-order valence-electron chi connectivity index (χ3n) is 10.7. The molecule has 0 N–H and O–H groups in total. The number of fused-ring (bicyclic) bond motifs is 8. The third kappa shape index (κ3) is 4.70. The molecular formula is C50H32N4. The van der Waals surface area contributed by atoms with Gasteiger partial charge in [0.1, 0.15) is 0 Å². The third-order valence-corrected chi connectivity index (χ3v) is 10.7. The summed E-state index contributed by atoms with van der Waals surface area (Å²) in [7, 11) is 0. The highest BCUT2D eigenvalue weighted by atomic mass is 15.0. The molecule has 0 aliphatic carbocycles. The fraction of sp³-hybridized carbons (Fsp3) is 0. The highest BCUT2D eigenvalue weighted by molar-refractivity contribution is 6.28. The predicted octanol–water partition coefficient (Wildman–Crippen LogP) is 12.8. The van der Waals surface area contributed by atoms with Gasteiger partial charge in [0.15, 0.2) is 5.82 Å². The van der Waals surface area contributed by atoms with Gasteiger partial charge in [-0.15, -0.1) is 0 Å². The fourth-order valence-corrected chi connectivity index (χ4v) is 8.31. The van der Waals surface area contributed by atoms with Crippen LogP contribution in [0.1, 0.15) is 0 Å². The van der Waals surface area contributed by atoms with Crippen molar-refractivity contribution < 1.29 is 0 Å². The Kier molecular flexibility index (Phi) is 6.82. The molecule has 0 radical (unpaired) electrons. The number of hydrogen-bond acceptors (Lipinski definition) is 2. The molecule has 0 saturated heterocycles. The molecule has 3 heterocycles. The Balaban J connectivity index is 1.10. The first kappa shape index (κ1) is 30.3. The first-order chi connectivity index (χ1) is 26.8. The molecule has 0 saturated carbocycles. The number of aromatic nitrogens is 4. The van der Waals surface area contributed by atoms with E-state index < -0.39 is 0 Å². The second-order valence-corrected chi connectivity index (χ2v) is 13.8. The van der Waals surface area contributed by atoms with Gasteiger partial charge in [-0.3, -0.25) is 0 Å². The highest BCUT2D eigenvalue weighted by Gasteiger charge is 2.21. The van der Waals surface area contributed by atoms with E-state index in [4.69, 9.17) is 9.97 Å². The second-order valence-electron chi connectivity index (χ2n) is 13.8. The molecule has 3 aromatic heterocycles. The molecule has 54 heavy (non-hydrogen) atoms. The number of hydrogen-bond donors (Lipinski definition) is 0. The summed E-state index contributed by atoms with van der Waals surface area (Å²) in [6.45, 7) is 0. The molecular weight excluding hydrogens is 657 g/mol. The van der Waals surface area contributed by atoms with Crippen LogP contribution in [-0.2, 0) is 0 Å². The molecule has 0 unspecified atom stereocenters. The average Bonchev–Trinajstić information content (AvgIpc) is 3.77. The van der Waals surface area contributed by atoms with Crippen molar-refractivity contribution >= 4 is 54.5 Å². The molecule has 4 nitrogen and oxygen atoms in total. The maximum atomic E-state index is 5.13. The van der Waals surface area contributed by atoms with Crippen LogP contribution >= 0.6 is 0 Å². The molecule has 8 aromatic carbocycles. The van der Waals surface area contributed by atoms with Crippen molar-refractivity contribution in [2.75, 3.05) is 0 Å². The van der Waals surface area contributed by atoms with E-state index in [0.717, 1.165) is 39.1 Å². The molecule has 0 amide bonds. The summed E-state index contributed by atoms with van der Waals surface area (Å²) in [6.07, 6.45) is 0. The monoisotopic (exact) mass is 688 g/mol. The summed E-state index contributed by atoms with van der Waals surface area (Å²) in [6, 6.07) is 69.0. The van der Waals surface area contributed by atoms with Crippen molar-refractivity contribution in [1.82, 2.24) is 19.1 Å². The van der Waals surface area contributed by atoms with E-state index in [-0.39, 0.29) is 0 Å². The zero-order chi connectivity index (χ0) is 35.6. The zero-order valence-electron chi connectivity index (χ0n) is 29.3. The topological polar surface area (TPSA) is 35.6 Å². The summed E-state index contributed by atoms with van der Waals surface area (Å²) in [5.74, 6) is 0.715. The van der Waals surface area contributed by atoms with Crippen molar-refractivity contribution in [1.29, 1.82) is 0 Å². The minimum Gasteiger partial charge on any atom is -0.309 e. The van der Waals surface area contributed by atoms with Crippen LogP contribution < -0.4 is 0 Å². The largest absolute Gasteiger partial charge is 0.309 e. The predicted molar refractivity (Wildman–Crippen MR) is 225 cm³/mol. The Bertz CT molecular complexity index is 3190. The molecule has 11 rings (SSSR count). The van der Waals surface area contributed by atoms with Gasteiger partial charge in [0.2, 0.25) is 0 Å². The molecule has 4 heteroatoms. The lowest BCUT2D eigenvalue weighted by Crippen LogP contribution is -1.97. The quantitative estimate of drug-likeness (QED) is 0.180. The van der Waals surface area contributed by atoms with E-state index in [1.807, 2.05) is 18.2 Å². The average molecular weight is 689 g/mol. The molecule has 0 spiro atoms. The molecule has 11 aromatic rings. The van der Waals surface area contributed by atoms with Gasteiger partial charge in [-0.25, -0.2) is 9.97 Å². The molecule has 0 aliphatic heterocycles. The molecule has 0 aliphatic rings. The summed E-state index contributed by atoms with van der Waals surface area (Å²) < 4.78 is 4.82. The Hall–Kier alpha value is -7.30. The Labute approximate surface area is 311 Å².